The van der Waals surface area contributed by atoms with Crippen LogP contribution in [0.15, 0.2) is 54.6 Å². The maximum atomic E-state index is 11.9. The standard InChI is InChI=1S/C20H21NO4/c1-3-24-18-7-5-4-6-17(18)21-19(22)14-25-20(23)13-12-16-10-8-15(2)9-11-16/h4-13H,3,14H2,1-2H3,(H,21,22)/b13-12+. The largest absolute Gasteiger partial charge is 0.492 e. The van der Waals surface area contributed by atoms with E-state index in [1.54, 1.807) is 24.3 Å². The van der Waals surface area contributed by atoms with Gasteiger partial charge in [0.2, 0.25) is 0 Å². The maximum Gasteiger partial charge on any atom is 0.331 e. The minimum atomic E-state index is -0.575. The van der Waals surface area contributed by atoms with Crippen LogP contribution in [0.2, 0.25) is 0 Å². The van der Waals surface area contributed by atoms with Crippen molar-refractivity contribution in [1.29, 1.82) is 0 Å². The number of hydrogen-bond acceptors (Lipinski definition) is 4. The summed E-state index contributed by atoms with van der Waals surface area (Å²) < 4.78 is 10.4. The van der Waals surface area contributed by atoms with Crippen molar-refractivity contribution >= 4 is 23.6 Å². The van der Waals surface area contributed by atoms with Crippen LogP contribution in [0.5, 0.6) is 5.75 Å². The number of para-hydroxylation sites is 2. The van der Waals surface area contributed by atoms with E-state index in [1.165, 1.54) is 6.08 Å². The van der Waals surface area contributed by atoms with Gasteiger partial charge < -0.3 is 14.8 Å². The first-order chi connectivity index (χ1) is 12.1. The van der Waals surface area contributed by atoms with Gasteiger partial charge in [-0.3, -0.25) is 4.79 Å². The highest BCUT2D eigenvalue weighted by atomic mass is 16.5. The molecule has 0 aliphatic heterocycles. The number of esters is 1. The Hall–Kier alpha value is -3.08. The Morgan fingerprint density at radius 1 is 1.08 bits per heavy atom. The number of carbonyl (C=O) groups excluding carboxylic acids is 2. The normalized spacial score (nSPS) is 10.5. The van der Waals surface area contributed by atoms with Crippen LogP contribution >= 0.6 is 0 Å². The van der Waals surface area contributed by atoms with E-state index >= 15 is 0 Å². The average molecular weight is 339 g/mol. The third-order valence-corrected chi connectivity index (χ3v) is 3.30. The molecule has 2 aromatic rings. The molecule has 0 atom stereocenters. The summed E-state index contributed by atoms with van der Waals surface area (Å²) in [6, 6.07) is 14.8. The summed E-state index contributed by atoms with van der Waals surface area (Å²) in [6.07, 6.45) is 2.94. The zero-order valence-electron chi connectivity index (χ0n) is 14.3. The van der Waals surface area contributed by atoms with Crippen LogP contribution in [0.4, 0.5) is 5.69 Å². The van der Waals surface area contributed by atoms with E-state index in [1.807, 2.05) is 44.2 Å². The molecule has 0 fully saturated rings. The third kappa shape index (κ3) is 6.14. The van der Waals surface area contributed by atoms with Gasteiger partial charge in [-0.15, -0.1) is 0 Å². The number of rotatable bonds is 7. The monoisotopic (exact) mass is 339 g/mol. The minimum absolute atomic E-state index is 0.364. The number of hydrogen-bond donors (Lipinski definition) is 1. The summed E-state index contributed by atoms with van der Waals surface area (Å²) in [5.74, 6) is -0.429. The van der Waals surface area contributed by atoms with Gasteiger partial charge in [-0.2, -0.15) is 0 Å². The van der Waals surface area contributed by atoms with Gasteiger partial charge >= 0.3 is 5.97 Å². The van der Waals surface area contributed by atoms with E-state index < -0.39 is 11.9 Å². The predicted molar refractivity (Wildman–Crippen MR) is 97.4 cm³/mol. The maximum absolute atomic E-state index is 11.9. The van der Waals surface area contributed by atoms with Crippen LogP contribution in [0.25, 0.3) is 6.08 Å². The Morgan fingerprint density at radius 2 is 1.80 bits per heavy atom. The molecule has 0 aromatic heterocycles. The fourth-order valence-electron chi connectivity index (χ4n) is 2.06. The van der Waals surface area contributed by atoms with Crippen molar-refractivity contribution < 1.29 is 19.1 Å². The molecule has 1 amide bonds. The van der Waals surface area contributed by atoms with Gasteiger partial charge in [-0.1, -0.05) is 42.0 Å². The van der Waals surface area contributed by atoms with Crippen LogP contribution in [-0.2, 0) is 14.3 Å². The molecular weight excluding hydrogens is 318 g/mol. The van der Waals surface area contributed by atoms with Gasteiger partial charge in [-0.25, -0.2) is 4.79 Å². The van der Waals surface area contributed by atoms with Crippen LogP contribution in [0.1, 0.15) is 18.1 Å². The summed E-state index contributed by atoms with van der Waals surface area (Å²) >= 11 is 0. The number of benzene rings is 2. The average Bonchev–Trinajstić information content (AvgIpc) is 2.61. The van der Waals surface area contributed by atoms with Crippen LogP contribution in [0.3, 0.4) is 0 Å². The molecule has 1 N–H and O–H groups in total. The molecule has 0 aliphatic rings. The second kappa shape index (κ2) is 9.27. The molecule has 25 heavy (non-hydrogen) atoms. The molecule has 0 saturated heterocycles. The van der Waals surface area contributed by atoms with Crippen LogP contribution in [0, 0.1) is 6.92 Å². The van der Waals surface area contributed by atoms with Gasteiger partial charge in [0.15, 0.2) is 6.61 Å². The fourth-order valence-corrected chi connectivity index (χ4v) is 2.06. The van der Waals surface area contributed by atoms with Gasteiger partial charge in [0.25, 0.3) is 5.91 Å². The summed E-state index contributed by atoms with van der Waals surface area (Å²) in [4.78, 5) is 23.6. The molecule has 0 spiro atoms. The third-order valence-electron chi connectivity index (χ3n) is 3.30. The van der Waals surface area contributed by atoms with Crippen LogP contribution < -0.4 is 10.1 Å². The Labute approximate surface area is 147 Å². The van der Waals surface area contributed by atoms with E-state index in [-0.39, 0.29) is 6.61 Å². The lowest BCUT2D eigenvalue weighted by Crippen LogP contribution is -2.20. The second-order valence-corrected chi connectivity index (χ2v) is 5.33. The molecular formula is C20H21NO4. The lowest BCUT2D eigenvalue weighted by molar-refractivity contribution is -0.142. The highest BCUT2D eigenvalue weighted by Gasteiger charge is 2.09. The van der Waals surface area contributed by atoms with E-state index in [0.29, 0.717) is 18.0 Å². The van der Waals surface area contributed by atoms with Crippen molar-refractivity contribution in [2.45, 2.75) is 13.8 Å². The predicted octanol–water partition coefficient (Wildman–Crippen LogP) is 3.59. The summed E-state index contributed by atoms with van der Waals surface area (Å²) in [6.45, 7) is 3.98. The zero-order chi connectivity index (χ0) is 18.1. The highest BCUT2D eigenvalue weighted by Crippen LogP contribution is 2.23. The molecule has 0 unspecified atom stereocenters. The van der Waals surface area contributed by atoms with Crippen molar-refractivity contribution in [3.8, 4) is 5.75 Å². The Balaban J connectivity index is 1.83. The van der Waals surface area contributed by atoms with Crippen LogP contribution in [-0.4, -0.2) is 25.1 Å². The Morgan fingerprint density at radius 3 is 2.52 bits per heavy atom. The quantitative estimate of drug-likeness (QED) is 0.618. The molecule has 0 bridgehead atoms. The number of ether oxygens (including phenoxy) is 2. The van der Waals surface area contributed by atoms with Crippen molar-refractivity contribution in [3.63, 3.8) is 0 Å². The topological polar surface area (TPSA) is 64.6 Å². The number of amides is 1. The summed E-state index contributed by atoms with van der Waals surface area (Å²) in [7, 11) is 0. The summed E-state index contributed by atoms with van der Waals surface area (Å²) in [5, 5.41) is 2.67. The Bertz CT molecular complexity index is 751. The number of anilines is 1. The van der Waals surface area contributed by atoms with Crippen molar-refractivity contribution in [2.75, 3.05) is 18.5 Å². The SMILES string of the molecule is CCOc1ccccc1NC(=O)COC(=O)/C=C/c1ccc(C)cc1. The summed E-state index contributed by atoms with van der Waals surface area (Å²) in [5.41, 5.74) is 2.57. The fraction of sp³-hybridized carbons (Fsp3) is 0.200. The highest BCUT2D eigenvalue weighted by molar-refractivity contribution is 5.95. The molecule has 2 aromatic carbocycles. The molecule has 0 radical (unpaired) electrons. The zero-order valence-corrected chi connectivity index (χ0v) is 14.3. The first kappa shape index (κ1) is 18.3. The molecule has 130 valence electrons. The molecule has 0 saturated carbocycles. The van der Waals surface area contributed by atoms with Crippen molar-refractivity contribution in [1.82, 2.24) is 0 Å². The first-order valence-corrected chi connectivity index (χ1v) is 8.01. The molecule has 5 nitrogen and oxygen atoms in total. The molecule has 0 heterocycles. The number of aryl methyl sites for hydroxylation is 1. The van der Waals surface area contributed by atoms with Gasteiger partial charge in [0.05, 0.1) is 12.3 Å². The van der Waals surface area contributed by atoms with E-state index in [9.17, 15) is 9.59 Å². The smallest absolute Gasteiger partial charge is 0.331 e. The number of nitrogens with one attached hydrogen (secondary N) is 1. The Kier molecular flexibility index (Phi) is 6.77. The van der Waals surface area contributed by atoms with E-state index in [2.05, 4.69) is 5.32 Å². The first-order valence-electron chi connectivity index (χ1n) is 8.01. The van der Waals surface area contributed by atoms with Gasteiger partial charge in [-0.05, 0) is 37.6 Å². The molecule has 2 rings (SSSR count). The molecule has 5 heteroatoms. The lowest BCUT2D eigenvalue weighted by Gasteiger charge is -2.11. The van der Waals surface area contributed by atoms with Gasteiger partial charge in [0.1, 0.15) is 5.75 Å². The van der Waals surface area contributed by atoms with Crippen molar-refractivity contribution in [3.05, 3.63) is 65.7 Å². The van der Waals surface area contributed by atoms with E-state index in [0.717, 1.165) is 11.1 Å². The van der Waals surface area contributed by atoms with E-state index in [4.69, 9.17) is 9.47 Å². The lowest BCUT2D eigenvalue weighted by atomic mass is 10.1. The second-order valence-electron chi connectivity index (χ2n) is 5.33. The minimum Gasteiger partial charge on any atom is -0.492 e. The molecule has 0 aliphatic carbocycles. The number of carbonyl (C=O) groups is 2. The van der Waals surface area contributed by atoms with Crippen molar-refractivity contribution in [2.24, 2.45) is 0 Å². The van der Waals surface area contributed by atoms with Gasteiger partial charge in [0, 0.05) is 6.08 Å².